The van der Waals surface area contributed by atoms with E-state index in [0.717, 1.165) is 43.6 Å². The van der Waals surface area contributed by atoms with Crippen LogP contribution in [-0.4, -0.2) is 61.6 Å². The minimum absolute atomic E-state index is 0.189. The molecule has 0 aromatic carbocycles. The van der Waals surface area contributed by atoms with Gasteiger partial charge in [0.05, 0.1) is 25.2 Å². The van der Waals surface area contributed by atoms with Crippen molar-refractivity contribution in [1.82, 2.24) is 35.3 Å². The summed E-state index contributed by atoms with van der Waals surface area (Å²) in [6, 6.07) is 0. The van der Waals surface area contributed by atoms with Crippen LogP contribution in [0.5, 0.6) is 0 Å². The van der Waals surface area contributed by atoms with Gasteiger partial charge in [-0.3, -0.25) is 0 Å². The Morgan fingerprint density at radius 3 is 2.48 bits per heavy atom. The van der Waals surface area contributed by atoms with Gasteiger partial charge in [0.15, 0.2) is 17.0 Å². The Morgan fingerprint density at radius 2 is 1.89 bits per heavy atom. The first kappa shape index (κ1) is 16.5. The first-order valence-corrected chi connectivity index (χ1v) is 9.07. The first-order chi connectivity index (χ1) is 12.8. The minimum Gasteiger partial charge on any atom is -0.380 e. The number of nitrogens with zero attached hydrogens (tertiary/aromatic N) is 8. The second-order valence-electron chi connectivity index (χ2n) is 8.69. The zero-order chi connectivity index (χ0) is 18.8. The van der Waals surface area contributed by atoms with Crippen LogP contribution in [0.4, 0.5) is 5.82 Å². The second kappa shape index (κ2) is 5.44. The third-order valence-electron chi connectivity index (χ3n) is 5.23. The molecule has 10 nitrogen and oxygen atoms in total. The van der Waals surface area contributed by atoms with Gasteiger partial charge in [-0.2, -0.15) is 0 Å². The number of aromatic nitrogens is 7. The molecule has 5 heterocycles. The van der Waals surface area contributed by atoms with E-state index in [1.54, 1.807) is 4.68 Å². The molecule has 5 rings (SSSR count). The molecule has 2 aliphatic heterocycles. The predicted octanol–water partition coefficient (Wildman–Crippen LogP) is 1.10. The Kier molecular flexibility index (Phi) is 3.34. The zero-order valence-electron chi connectivity index (χ0n) is 15.9. The maximum absolute atomic E-state index is 5.39. The molecule has 1 spiro atoms. The van der Waals surface area contributed by atoms with E-state index >= 15 is 0 Å². The molecule has 0 unspecified atom stereocenters. The maximum atomic E-state index is 5.39. The topological polar surface area (TPSA) is 108 Å². The number of hydrogen-bond donors (Lipinski definition) is 0. The molecule has 0 saturated carbocycles. The van der Waals surface area contributed by atoms with Crippen molar-refractivity contribution in [2.24, 2.45) is 5.41 Å². The Bertz CT molecular complexity index is 1010. The minimum atomic E-state index is -0.189. The fourth-order valence-electron chi connectivity index (χ4n) is 3.53. The molecule has 3 aromatic rings. The average molecular weight is 370 g/mol. The van der Waals surface area contributed by atoms with Gasteiger partial charge < -0.3 is 9.64 Å². The number of ether oxygens (including phenoxy) is 1. The molecular weight excluding hydrogens is 348 g/mol. The van der Waals surface area contributed by atoms with Gasteiger partial charge in [-0.25, -0.2) is 19.3 Å². The summed E-state index contributed by atoms with van der Waals surface area (Å²) in [5.74, 6) is 1.62. The monoisotopic (exact) mass is 370 g/mol. The lowest BCUT2D eigenvalue weighted by Gasteiger charge is -2.55. The number of fused-ring (bicyclic) bond motifs is 1. The van der Waals surface area contributed by atoms with E-state index in [4.69, 9.17) is 19.3 Å². The van der Waals surface area contributed by atoms with E-state index in [0.29, 0.717) is 28.8 Å². The number of hydrogen-bond acceptors (Lipinski definition) is 9. The normalized spacial score (nSPS) is 18.7. The van der Waals surface area contributed by atoms with Gasteiger partial charge in [-0.15, -0.1) is 5.10 Å². The third-order valence-corrected chi connectivity index (χ3v) is 5.23. The molecule has 27 heavy (non-hydrogen) atoms. The van der Waals surface area contributed by atoms with Crippen LogP contribution in [0.25, 0.3) is 11.2 Å². The Labute approximate surface area is 155 Å². The number of anilines is 1. The van der Waals surface area contributed by atoms with Crippen LogP contribution >= 0.6 is 0 Å². The van der Waals surface area contributed by atoms with Gasteiger partial charge >= 0.3 is 0 Å². The Hall–Kier alpha value is -2.62. The lowest BCUT2D eigenvalue weighted by atomic mass is 9.78. The van der Waals surface area contributed by atoms with Gasteiger partial charge in [0, 0.05) is 18.5 Å². The number of rotatable bonds is 3. The fourth-order valence-corrected chi connectivity index (χ4v) is 3.53. The first-order valence-electron chi connectivity index (χ1n) is 9.07. The Morgan fingerprint density at radius 1 is 1.11 bits per heavy atom. The van der Waals surface area contributed by atoms with Crippen LogP contribution in [0.2, 0.25) is 0 Å². The second-order valence-corrected chi connectivity index (χ2v) is 8.69. The summed E-state index contributed by atoms with van der Waals surface area (Å²) >= 11 is 0. The zero-order valence-corrected chi connectivity index (χ0v) is 15.9. The van der Waals surface area contributed by atoms with Crippen LogP contribution in [0.1, 0.15) is 38.0 Å². The maximum Gasteiger partial charge on any atom is 0.184 e. The highest BCUT2D eigenvalue weighted by Gasteiger charge is 2.50. The molecule has 0 bridgehead atoms. The predicted molar refractivity (Wildman–Crippen MR) is 95.4 cm³/mol. The summed E-state index contributed by atoms with van der Waals surface area (Å²) in [5, 5.41) is 16.5. The average Bonchev–Trinajstić information content (AvgIpc) is 3.11. The van der Waals surface area contributed by atoms with E-state index in [1.807, 2.05) is 6.92 Å². The summed E-state index contributed by atoms with van der Waals surface area (Å²) in [4.78, 5) is 11.9. The van der Waals surface area contributed by atoms with Crippen LogP contribution in [0.3, 0.4) is 0 Å². The summed E-state index contributed by atoms with van der Waals surface area (Å²) in [6.45, 7) is 12.1. The van der Waals surface area contributed by atoms with Gasteiger partial charge in [-0.1, -0.05) is 36.3 Å². The largest absolute Gasteiger partial charge is 0.380 e. The van der Waals surface area contributed by atoms with E-state index in [2.05, 4.69) is 46.3 Å². The summed E-state index contributed by atoms with van der Waals surface area (Å²) in [5.41, 5.74) is 2.97. The van der Waals surface area contributed by atoms with Gasteiger partial charge in [0.1, 0.15) is 17.2 Å². The SMILES string of the molecule is Cc1nonc1Cn1nnc2c(N3CC4(COC4)C3)nc(C(C)(C)C)nc21. The van der Waals surface area contributed by atoms with Crippen molar-refractivity contribution in [1.29, 1.82) is 0 Å². The lowest BCUT2D eigenvalue weighted by molar-refractivity contribution is -0.127. The van der Waals surface area contributed by atoms with Gasteiger partial charge in [0.2, 0.25) is 0 Å². The molecule has 0 radical (unpaired) electrons. The molecule has 2 fully saturated rings. The smallest absolute Gasteiger partial charge is 0.184 e. The van der Waals surface area contributed by atoms with E-state index in [1.165, 1.54) is 0 Å². The van der Waals surface area contributed by atoms with Crippen molar-refractivity contribution in [3.05, 3.63) is 17.2 Å². The number of aryl methyl sites for hydroxylation is 1. The van der Waals surface area contributed by atoms with Crippen LogP contribution in [0, 0.1) is 12.3 Å². The van der Waals surface area contributed by atoms with Crippen LogP contribution < -0.4 is 4.90 Å². The van der Waals surface area contributed by atoms with Gasteiger partial charge in [0.25, 0.3) is 0 Å². The highest BCUT2D eigenvalue weighted by atomic mass is 16.6. The summed E-state index contributed by atoms with van der Waals surface area (Å²) < 4.78 is 11.9. The highest BCUT2D eigenvalue weighted by molar-refractivity contribution is 5.83. The van der Waals surface area contributed by atoms with Crippen molar-refractivity contribution >= 4 is 17.0 Å². The summed E-state index contributed by atoms with van der Waals surface area (Å²) in [6.07, 6.45) is 0. The van der Waals surface area contributed by atoms with Crippen molar-refractivity contribution in [2.45, 2.75) is 39.7 Å². The lowest BCUT2D eigenvalue weighted by Crippen LogP contribution is -2.66. The molecule has 2 saturated heterocycles. The molecule has 0 N–H and O–H groups in total. The molecule has 0 amide bonds. The van der Waals surface area contributed by atoms with E-state index < -0.39 is 0 Å². The molecule has 0 aliphatic carbocycles. The molecule has 142 valence electrons. The van der Waals surface area contributed by atoms with E-state index in [-0.39, 0.29) is 5.41 Å². The molecular formula is C17H22N8O2. The van der Waals surface area contributed by atoms with Crippen molar-refractivity contribution in [3.63, 3.8) is 0 Å². The van der Waals surface area contributed by atoms with E-state index in [9.17, 15) is 0 Å². The van der Waals surface area contributed by atoms with Crippen molar-refractivity contribution in [2.75, 3.05) is 31.2 Å². The van der Waals surface area contributed by atoms with Crippen LogP contribution in [-0.2, 0) is 16.7 Å². The van der Waals surface area contributed by atoms with Gasteiger partial charge in [-0.05, 0) is 6.92 Å². The standard InChI is InChI=1S/C17H22N8O2/c1-10-11(22-27-21-10)5-25-14-12(20-23-25)13(18-15(19-14)16(2,3)4)24-6-17(7-24)8-26-9-17/h5-9H2,1-4H3. The molecule has 10 heteroatoms. The third kappa shape index (κ3) is 2.58. The molecule has 3 aromatic heterocycles. The quantitative estimate of drug-likeness (QED) is 0.669. The Balaban J connectivity index is 1.58. The van der Waals surface area contributed by atoms with Crippen LogP contribution in [0.15, 0.2) is 4.63 Å². The molecule has 2 aliphatic rings. The molecule has 0 atom stereocenters. The van der Waals surface area contributed by atoms with Crippen molar-refractivity contribution < 1.29 is 9.37 Å². The fraction of sp³-hybridized carbons (Fsp3) is 0.647. The highest BCUT2D eigenvalue weighted by Crippen LogP contribution is 2.41. The van der Waals surface area contributed by atoms with Crippen molar-refractivity contribution in [3.8, 4) is 0 Å². The summed E-state index contributed by atoms with van der Waals surface area (Å²) in [7, 11) is 0.